The Balaban J connectivity index is 1.74. The molecule has 142 valence electrons. The number of nitrogens with one attached hydrogen (secondary N) is 2. The Morgan fingerprint density at radius 3 is 2.56 bits per heavy atom. The fourth-order valence-corrected chi connectivity index (χ4v) is 4.50. The average Bonchev–Trinajstić information content (AvgIpc) is 2.89. The minimum atomic E-state index is -3.71. The van der Waals surface area contributed by atoms with Crippen molar-refractivity contribution in [1.29, 1.82) is 0 Å². The van der Waals surface area contributed by atoms with Crippen molar-refractivity contribution in [2.45, 2.75) is 57.4 Å². The number of carbonyl (C=O) groups is 1. The van der Waals surface area contributed by atoms with Gasteiger partial charge in [0.1, 0.15) is 10.6 Å². The summed E-state index contributed by atoms with van der Waals surface area (Å²) in [5, 5.41) is 6.64. The Hall–Kier alpha value is -1.45. The molecule has 9 heteroatoms. The molecule has 25 heavy (non-hydrogen) atoms. The minimum Gasteiger partial charge on any atom is -0.360 e. The van der Waals surface area contributed by atoms with Gasteiger partial charge in [-0.3, -0.25) is 4.79 Å². The van der Waals surface area contributed by atoms with Gasteiger partial charge in [0.15, 0.2) is 5.76 Å². The molecule has 1 fully saturated rings. The maximum absolute atomic E-state index is 12.3. The maximum atomic E-state index is 12.3. The van der Waals surface area contributed by atoms with Crippen LogP contribution in [0, 0.1) is 13.8 Å². The van der Waals surface area contributed by atoms with E-state index in [1.165, 1.54) is 0 Å². The summed E-state index contributed by atoms with van der Waals surface area (Å²) < 4.78 is 31.8. The third-order valence-corrected chi connectivity index (χ3v) is 6.08. The van der Waals surface area contributed by atoms with Crippen LogP contribution in [0.15, 0.2) is 9.42 Å². The third-order valence-electron chi connectivity index (χ3n) is 4.37. The van der Waals surface area contributed by atoms with Gasteiger partial charge in [0, 0.05) is 32.1 Å². The lowest BCUT2D eigenvalue weighted by atomic mass is 10.0. The van der Waals surface area contributed by atoms with Crippen molar-refractivity contribution in [2.75, 3.05) is 26.2 Å². The molecule has 1 aliphatic heterocycles. The molecule has 0 aliphatic carbocycles. The Bertz CT molecular complexity index is 659. The molecule has 0 atom stereocenters. The number of hydrogen-bond acceptors (Lipinski definition) is 6. The fourth-order valence-electron chi connectivity index (χ4n) is 3.15. The molecule has 2 heterocycles. The number of carbonyl (C=O) groups excluding carboxylic acids is 1. The lowest BCUT2D eigenvalue weighted by Gasteiger charge is -2.32. The summed E-state index contributed by atoms with van der Waals surface area (Å²) in [6, 6.07) is 0.180. The van der Waals surface area contributed by atoms with E-state index >= 15 is 0 Å². The zero-order valence-electron chi connectivity index (χ0n) is 15.2. The molecular weight excluding hydrogens is 344 g/mol. The number of aryl methyl sites for hydroxylation is 2. The number of aromatic nitrogens is 1. The Morgan fingerprint density at radius 2 is 2.00 bits per heavy atom. The standard InChI is InChI=1S/C16H28N4O4S/c1-4-9-20-10-6-14(7-11-20)18-15(21)5-8-17-25(22,23)16-12(2)19-24-13(16)3/h14,17H,4-11H2,1-3H3,(H,18,21). The average molecular weight is 372 g/mol. The molecule has 1 aromatic rings. The van der Waals surface area contributed by atoms with Gasteiger partial charge in [-0.15, -0.1) is 0 Å². The van der Waals surface area contributed by atoms with E-state index < -0.39 is 10.0 Å². The number of rotatable bonds is 8. The molecule has 2 rings (SSSR count). The van der Waals surface area contributed by atoms with Crippen LogP contribution in [0.3, 0.4) is 0 Å². The van der Waals surface area contributed by atoms with E-state index in [-0.39, 0.29) is 35.6 Å². The molecule has 1 aliphatic rings. The van der Waals surface area contributed by atoms with E-state index in [1.54, 1.807) is 13.8 Å². The van der Waals surface area contributed by atoms with Crippen molar-refractivity contribution >= 4 is 15.9 Å². The predicted octanol–water partition coefficient (Wildman–Crippen LogP) is 0.950. The zero-order chi connectivity index (χ0) is 18.4. The van der Waals surface area contributed by atoms with Crippen LogP contribution in [0.1, 0.15) is 44.1 Å². The van der Waals surface area contributed by atoms with Gasteiger partial charge in [-0.25, -0.2) is 13.1 Å². The lowest BCUT2D eigenvalue weighted by Crippen LogP contribution is -2.45. The van der Waals surface area contributed by atoms with Gasteiger partial charge in [0.2, 0.25) is 15.9 Å². The van der Waals surface area contributed by atoms with Crippen molar-refractivity contribution in [2.24, 2.45) is 0 Å². The summed E-state index contributed by atoms with van der Waals surface area (Å²) in [5.74, 6) is 0.115. The van der Waals surface area contributed by atoms with E-state index in [2.05, 4.69) is 27.0 Å². The van der Waals surface area contributed by atoms with E-state index in [1.807, 2.05) is 0 Å². The number of likely N-dealkylation sites (tertiary alicyclic amines) is 1. The van der Waals surface area contributed by atoms with Crippen LogP contribution in [0.2, 0.25) is 0 Å². The van der Waals surface area contributed by atoms with Crippen LogP contribution in [0.5, 0.6) is 0 Å². The van der Waals surface area contributed by atoms with Crippen LogP contribution in [-0.2, 0) is 14.8 Å². The molecular formula is C16H28N4O4S. The first-order valence-electron chi connectivity index (χ1n) is 8.77. The van der Waals surface area contributed by atoms with Crippen LogP contribution in [0.4, 0.5) is 0 Å². The van der Waals surface area contributed by atoms with Crippen molar-refractivity contribution in [3.8, 4) is 0 Å². The van der Waals surface area contributed by atoms with Crippen molar-refractivity contribution < 1.29 is 17.7 Å². The molecule has 1 amide bonds. The second-order valence-electron chi connectivity index (χ2n) is 6.48. The molecule has 1 saturated heterocycles. The van der Waals surface area contributed by atoms with E-state index in [9.17, 15) is 13.2 Å². The van der Waals surface area contributed by atoms with Gasteiger partial charge >= 0.3 is 0 Å². The molecule has 0 unspecified atom stereocenters. The first kappa shape index (κ1) is 19.9. The normalized spacial score (nSPS) is 16.9. The number of amides is 1. The highest BCUT2D eigenvalue weighted by atomic mass is 32.2. The van der Waals surface area contributed by atoms with Gasteiger partial charge in [-0.1, -0.05) is 12.1 Å². The van der Waals surface area contributed by atoms with Crippen LogP contribution >= 0.6 is 0 Å². The molecule has 0 radical (unpaired) electrons. The minimum absolute atomic E-state index is 0.0485. The van der Waals surface area contributed by atoms with E-state index in [0.29, 0.717) is 5.69 Å². The van der Waals surface area contributed by atoms with Gasteiger partial charge in [0.25, 0.3) is 0 Å². The highest BCUT2D eigenvalue weighted by molar-refractivity contribution is 7.89. The molecule has 0 spiro atoms. The smallest absolute Gasteiger partial charge is 0.245 e. The molecule has 0 saturated carbocycles. The topological polar surface area (TPSA) is 105 Å². The summed E-state index contributed by atoms with van der Waals surface area (Å²) >= 11 is 0. The van der Waals surface area contributed by atoms with Crippen LogP contribution in [-0.4, -0.2) is 56.6 Å². The van der Waals surface area contributed by atoms with Crippen molar-refractivity contribution in [3.05, 3.63) is 11.5 Å². The Kier molecular flexibility index (Phi) is 6.97. The van der Waals surface area contributed by atoms with Crippen molar-refractivity contribution in [1.82, 2.24) is 20.1 Å². The highest BCUT2D eigenvalue weighted by Crippen LogP contribution is 2.18. The Morgan fingerprint density at radius 1 is 1.32 bits per heavy atom. The molecule has 0 aromatic carbocycles. The molecule has 0 bridgehead atoms. The summed E-state index contributed by atoms with van der Waals surface area (Å²) in [6.07, 6.45) is 3.13. The van der Waals surface area contributed by atoms with Crippen LogP contribution < -0.4 is 10.0 Å². The molecule has 2 N–H and O–H groups in total. The number of sulfonamides is 1. The first-order chi connectivity index (χ1) is 11.8. The molecule has 8 nitrogen and oxygen atoms in total. The number of piperidine rings is 1. The van der Waals surface area contributed by atoms with Gasteiger partial charge < -0.3 is 14.7 Å². The monoisotopic (exact) mass is 372 g/mol. The number of hydrogen-bond donors (Lipinski definition) is 2. The summed E-state index contributed by atoms with van der Waals surface area (Å²) in [6.45, 7) is 8.43. The fraction of sp³-hybridized carbons (Fsp3) is 0.750. The SMILES string of the molecule is CCCN1CCC(NC(=O)CCNS(=O)(=O)c2c(C)noc2C)CC1. The van der Waals surface area contributed by atoms with Gasteiger partial charge in [0.05, 0.1) is 0 Å². The molecule has 1 aromatic heterocycles. The van der Waals surface area contributed by atoms with Crippen molar-refractivity contribution in [3.63, 3.8) is 0 Å². The van der Waals surface area contributed by atoms with Gasteiger partial charge in [-0.2, -0.15) is 0 Å². The second-order valence-corrected chi connectivity index (χ2v) is 8.19. The largest absolute Gasteiger partial charge is 0.360 e. The summed E-state index contributed by atoms with van der Waals surface area (Å²) in [5.41, 5.74) is 0.313. The predicted molar refractivity (Wildman–Crippen MR) is 93.7 cm³/mol. The van der Waals surface area contributed by atoms with Gasteiger partial charge in [-0.05, 0) is 39.7 Å². The maximum Gasteiger partial charge on any atom is 0.245 e. The van der Waals surface area contributed by atoms with E-state index in [0.717, 1.165) is 38.9 Å². The quantitative estimate of drug-likeness (QED) is 0.704. The summed E-state index contributed by atoms with van der Waals surface area (Å²) in [4.78, 5) is 14.5. The third kappa shape index (κ3) is 5.52. The van der Waals surface area contributed by atoms with Crippen LogP contribution in [0.25, 0.3) is 0 Å². The highest BCUT2D eigenvalue weighted by Gasteiger charge is 2.24. The summed E-state index contributed by atoms with van der Waals surface area (Å²) in [7, 11) is -3.71. The van der Waals surface area contributed by atoms with E-state index in [4.69, 9.17) is 4.52 Å². The lowest BCUT2D eigenvalue weighted by molar-refractivity contribution is -0.121. The first-order valence-corrected chi connectivity index (χ1v) is 10.3. The Labute approximate surface area is 149 Å². The zero-order valence-corrected chi connectivity index (χ0v) is 16.0. The second kappa shape index (κ2) is 8.77. The number of nitrogens with zero attached hydrogens (tertiary/aromatic N) is 2.